The van der Waals surface area contributed by atoms with E-state index < -0.39 is 6.10 Å². The normalized spacial score (nSPS) is 12.1. The lowest BCUT2D eigenvalue weighted by atomic mass is 10.0. The first-order valence-electron chi connectivity index (χ1n) is 26.7. The fourth-order valence-corrected chi connectivity index (χ4v) is 8.17. The Morgan fingerprint density at radius 3 is 0.817 bits per heavy atom. The van der Waals surface area contributed by atoms with Gasteiger partial charge in [0.1, 0.15) is 13.2 Å². The molecule has 0 saturated heterocycles. The van der Waals surface area contributed by atoms with Gasteiger partial charge in [-0.05, 0) is 31.1 Å². The van der Waals surface area contributed by atoms with Crippen LogP contribution >= 0.6 is 0 Å². The second kappa shape index (κ2) is 46.9. The molecule has 0 aliphatic heterocycles. The standard InChI is InChI=1S/C54H104O6/c1-6-7-8-9-10-11-12-13-14-15-16-17-18-24-29-34-39-44-52(55)58-47-51(48-59-53(56)45-40-35-30-26-21-23-28-33-38-43-50(4)5)60-54(57)46-41-36-31-25-20-19-22-27-32-37-42-49(2)3/h49-51H,6-48H2,1-5H3/t51-/m1/s1. The van der Waals surface area contributed by atoms with Crippen molar-refractivity contribution in [2.24, 2.45) is 11.8 Å². The van der Waals surface area contributed by atoms with Crippen molar-refractivity contribution >= 4 is 17.9 Å². The molecular formula is C54H104O6. The quantitative estimate of drug-likeness (QED) is 0.0345. The van der Waals surface area contributed by atoms with Crippen LogP contribution in [-0.4, -0.2) is 37.2 Å². The summed E-state index contributed by atoms with van der Waals surface area (Å²) in [5.74, 6) is 0.777. The minimum atomic E-state index is -0.762. The lowest BCUT2D eigenvalue weighted by Crippen LogP contribution is -2.30. The molecule has 0 unspecified atom stereocenters. The topological polar surface area (TPSA) is 78.9 Å². The van der Waals surface area contributed by atoms with Crippen LogP contribution in [0.25, 0.3) is 0 Å². The molecule has 0 heterocycles. The van der Waals surface area contributed by atoms with E-state index in [4.69, 9.17) is 14.2 Å². The van der Waals surface area contributed by atoms with Gasteiger partial charge in [0.05, 0.1) is 0 Å². The lowest BCUT2D eigenvalue weighted by Gasteiger charge is -2.18. The second-order valence-electron chi connectivity index (χ2n) is 19.5. The lowest BCUT2D eigenvalue weighted by molar-refractivity contribution is -0.167. The first-order chi connectivity index (χ1) is 29.2. The van der Waals surface area contributed by atoms with Gasteiger partial charge in [-0.15, -0.1) is 0 Å². The monoisotopic (exact) mass is 849 g/mol. The highest BCUT2D eigenvalue weighted by Crippen LogP contribution is 2.17. The molecule has 0 aliphatic carbocycles. The first kappa shape index (κ1) is 58.4. The molecule has 0 aromatic rings. The van der Waals surface area contributed by atoms with Crippen LogP contribution in [0.4, 0.5) is 0 Å². The fourth-order valence-electron chi connectivity index (χ4n) is 8.17. The Hall–Kier alpha value is -1.59. The molecule has 0 radical (unpaired) electrons. The van der Waals surface area contributed by atoms with Gasteiger partial charge in [-0.3, -0.25) is 14.4 Å². The molecule has 0 aliphatic rings. The van der Waals surface area contributed by atoms with Crippen LogP contribution in [0.1, 0.15) is 298 Å². The van der Waals surface area contributed by atoms with Gasteiger partial charge in [-0.2, -0.15) is 0 Å². The van der Waals surface area contributed by atoms with Crippen molar-refractivity contribution in [2.75, 3.05) is 13.2 Å². The molecule has 6 nitrogen and oxygen atoms in total. The van der Waals surface area contributed by atoms with Crippen LogP contribution < -0.4 is 0 Å². The summed E-state index contributed by atoms with van der Waals surface area (Å²) in [5, 5.41) is 0. The maximum absolute atomic E-state index is 12.8. The average Bonchev–Trinajstić information content (AvgIpc) is 3.22. The Morgan fingerprint density at radius 1 is 0.317 bits per heavy atom. The highest BCUT2D eigenvalue weighted by Gasteiger charge is 2.19. The van der Waals surface area contributed by atoms with Crippen molar-refractivity contribution in [2.45, 2.75) is 304 Å². The first-order valence-corrected chi connectivity index (χ1v) is 26.7. The summed E-state index contributed by atoms with van der Waals surface area (Å²) in [4.78, 5) is 38.0. The van der Waals surface area contributed by atoms with Crippen LogP contribution in [0.15, 0.2) is 0 Å². The van der Waals surface area contributed by atoms with E-state index in [1.807, 2.05) is 0 Å². The molecule has 0 aromatic heterocycles. The van der Waals surface area contributed by atoms with Gasteiger partial charge in [0.15, 0.2) is 6.10 Å². The third kappa shape index (κ3) is 47.5. The Bertz CT molecular complexity index is 916. The molecule has 0 saturated carbocycles. The minimum Gasteiger partial charge on any atom is -0.462 e. The third-order valence-corrected chi connectivity index (χ3v) is 12.2. The van der Waals surface area contributed by atoms with Crippen LogP contribution in [0.3, 0.4) is 0 Å². The number of hydrogen-bond donors (Lipinski definition) is 0. The van der Waals surface area contributed by atoms with Gasteiger partial charge in [-0.25, -0.2) is 0 Å². The smallest absolute Gasteiger partial charge is 0.306 e. The zero-order chi connectivity index (χ0) is 44.0. The second-order valence-corrected chi connectivity index (χ2v) is 19.5. The van der Waals surface area contributed by atoms with Crippen LogP contribution in [-0.2, 0) is 28.6 Å². The molecule has 0 aromatic carbocycles. The number of rotatable bonds is 48. The van der Waals surface area contributed by atoms with Crippen molar-refractivity contribution in [3.63, 3.8) is 0 Å². The van der Waals surface area contributed by atoms with E-state index in [0.717, 1.165) is 69.6 Å². The molecule has 0 rings (SSSR count). The third-order valence-electron chi connectivity index (χ3n) is 12.2. The van der Waals surface area contributed by atoms with Crippen molar-refractivity contribution in [1.82, 2.24) is 0 Å². The van der Waals surface area contributed by atoms with E-state index >= 15 is 0 Å². The van der Waals surface area contributed by atoms with Crippen molar-refractivity contribution in [1.29, 1.82) is 0 Å². The molecule has 1 atom stereocenters. The zero-order valence-corrected chi connectivity index (χ0v) is 41.1. The summed E-state index contributed by atoms with van der Waals surface area (Å²) >= 11 is 0. The van der Waals surface area contributed by atoms with Gasteiger partial charge in [0.2, 0.25) is 0 Å². The van der Waals surface area contributed by atoms with E-state index in [9.17, 15) is 14.4 Å². The van der Waals surface area contributed by atoms with Gasteiger partial charge >= 0.3 is 17.9 Å². The molecule has 0 bridgehead atoms. The van der Waals surface area contributed by atoms with Crippen LogP contribution in [0.2, 0.25) is 0 Å². The molecule has 0 spiro atoms. The maximum Gasteiger partial charge on any atom is 0.306 e. The van der Waals surface area contributed by atoms with Crippen LogP contribution in [0.5, 0.6) is 0 Å². The maximum atomic E-state index is 12.8. The summed E-state index contributed by atoms with van der Waals surface area (Å²) in [6.07, 6.45) is 48.1. The number of ether oxygens (including phenoxy) is 3. The molecule has 60 heavy (non-hydrogen) atoms. The molecule has 0 fully saturated rings. The Labute approximate surface area is 374 Å². The van der Waals surface area contributed by atoms with E-state index in [1.165, 1.54) is 186 Å². The predicted molar refractivity (Wildman–Crippen MR) is 256 cm³/mol. The van der Waals surface area contributed by atoms with Gasteiger partial charge < -0.3 is 14.2 Å². The van der Waals surface area contributed by atoms with Crippen molar-refractivity contribution in [3.8, 4) is 0 Å². The Morgan fingerprint density at radius 2 is 0.550 bits per heavy atom. The van der Waals surface area contributed by atoms with Crippen molar-refractivity contribution in [3.05, 3.63) is 0 Å². The summed E-state index contributed by atoms with van der Waals surface area (Å²) in [6, 6.07) is 0. The average molecular weight is 849 g/mol. The SMILES string of the molecule is CCCCCCCCCCCCCCCCCCCC(=O)OC[C@H](COC(=O)CCCCCCCCCCCC(C)C)OC(=O)CCCCCCCCCCCCC(C)C. The summed E-state index contributed by atoms with van der Waals surface area (Å²) in [5.41, 5.74) is 0. The Kier molecular flexibility index (Phi) is 45.7. The fraction of sp³-hybridized carbons (Fsp3) is 0.944. The highest BCUT2D eigenvalue weighted by molar-refractivity contribution is 5.71. The Balaban J connectivity index is 4.29. The molecule has 356 valence electrons. The van der Waals surface area contributed by atoms with E-state index in [-0.39, 0.29) is 31.1 Å². The van der Waals surface area contributed by atoms with E-state index in [1.54, 1.807) is 0 Å². The molecule has 6 heteroatoms. The number of hydrogen-bond acceptors (Lipinski definition) is 6. The number of carbonyl (C=O) groups excluding carboxylic acids is 3. The molecule has 0 amide bonds. The number of esters is 3. The summed E-state index contributed by atoms with van der Waals surface area (Å²) in [6.45, 7) is 11.4. The van der Waals surface area contributed by atoms with E-state index in [0.29, 0.717) is 19.3 Å². The number of unbranched alkanes of at least 4 members (excludes halogenated alkanes) is 33. The molecular weight excluding hydrogens is 745 g/mol. The van der Waals surface area contributed by atoms with Gasteiger partial charge in [-0.1, -0.05) is 259 Å². The van der Waals surface area contributed by atoms with Crippen LogP contribution in [0, 0.1) is 11.8 Å². The molecule has 0 N–H and O–H groups in total. The predicted octanol–water partition coefficient (Wildman–Crippen LogP) is 17.3. The largest absolute Gasteiger partial charge is 0.462 e. The van der Waals surface area contributed by atoms with Gasteiger partial charge in [0, 0.05) is 19.3 Å². The van der Waals surface area contributed by atoms with Crippen molar-refractivity contribution < 1.29 is 28.6 Å². The van der Waals surface area contributed by atoms with E-state index in [2.05, 4.69) is 34.6 Å². The minimum absolute atomic E-state index is 0.0637. The summed E-state index contributed by atoms with van der Waals surface area (Å²) in [7, 11) is 0. The van der Waals surface area contributed by atoms with Gasteiger partial charge in [0.25, 0.3) is 0 Å². The summed E-state index contributed by atoms with van der Waals surface area (Å²) < 4.78 is 16.8. The zero-order valence-electron chi connectivity index (χ0n) is 41.1. The number of carbonyl (C=O) groups is 3. The highest BCUT2D eigenvalue weighted by atomic mass is 16.6.